The largest absolute Gasteiger partial charge is 0.334 e. The molecule has 0 spiro atoms. The van der Waals surface area contributed by atoms with Crippen LogP contribution in [-0.4, -0.2) is 42.4 Å². The van der Waals surface area contributed by atoms with Gasteiger partial charge in [-0.2, -0.15) is 0 Å². The molecule has 1 saturated heterocycles. The number of likely N-dealkylation sites (N-methyl/N-ethyl adjacent to an activating group) is 1. The molecule has 0 aromatic heterocycles. The smallest absolute Gasteiger partial charge is 0.319 e. The summed E-state index contributed by atoms with van der Waals surface area (Å²) in [5.74, 6) is 0. The molecule has 1 heterocycles. The molecule has 2 fully saturated rings. The normalized spacial score (nSPS) is 22.9. The van der Waals surface area contributed by atoms with Crippen molar-refractivity contribution in [1.82, 2.24) is 10.2 Å². The van der Waals surface area contributed by atoms with Gasteiger partial charge in [-0.3, -0.25) is 0 Å². The molecule has 1 aliphatic heterocycles. The Morgan fingerprint density at radius 1 is 1.17 bits per heavy atom. The van der Waals surface area contributed by atoms with Crippen molar-refractivity contribution in [3.05, 3.63) is 24.3 Å². The number of hydrogen-bond acceptors (Lipinski definition) is 3. The van der Waals surface area contributed by atoms with E-state index in [1.807, 2.05) is 23.9 Å². The average molecular weight is 334 g/mol. The first-order valence-electron chi connectivity index (χ1n) is 8.72. The van der Waals surface area contributed by atoms with Crippen LogP contribution in [-0.2, 0) is 0 Å². The lowest BCUT2D eigenvalue weighted by molar-refractivity contribution is 0.216. The van der Waals surface area contributed by atoms with E-state index < -0.39 is 0 Å². The molecule has 1 saturated carbocycles. The van der Waals surface area contributed by atoms with Crippen LogP contribution >= 0.6 is 11.8 Å². The molecule has 1 aromatic rings. The molecular weight excluding hydrogens is 306 g/mol. The summed E-state index contributed by atoms with van der Waals surface area (Å²) in [6.07, 6.45) is 7.47. The lowest BCUT2D eigenvalue weighted by Crippen LogP contribution is -2.47. The van der Waals surface area contributed by atoms with Gasteiger partial charge in [0.05, 0.1) is 5.69 Å². The summed E-state index contributed by atoms with van der Waals surface area (Å²) in [4.78, 5) is 15.8. The predicted octanol–water partition coefficient (Wildman–Crippen LogP) is 3.94. The number of para-hydroxylation sites is 1. The highest BCUT2D eigenvalue weighted by atomic mass is 32.2. The number of amides is 2. The van der Waals surface area contributed by atoms with Crippen molar-refractivity contribution >= 4 is 23.5 Å². The van der Waals surface area contributed by atoms with Gasteiger partial charge in [-0.05, 0) is 51.4 Å². The lowest BCUT2D eigenvalue weighted by atomic mass is 10.1. The maximum Gasteiger partial charge on any atom is 0.319 e. The topological polar surface area (TPSA) is 44.4 Å². The van der Waals surface area contributed by atoms with Crippen molar-refractivity contribution < 1.29 is 4.79 Å². The van der Waals surface area contributed by atoms with Crippen LogP contribution in [0.4, 0.5) is 10.5 Å². The van der Waals surface area contributed by atoms with Gasteiger partial charge in [0.1, 0.15) is 0 Å². The number of hydrogen-bond donors (Lipinski definition) is 2. The van der Waals surface area contributed by atoms with Crippen LogP contribution in [0.25, 0.3) is 0 Å². The quantitative estimate of drug-likeness (QED) is 0.877. The summed E-state index contributed by atoms with van der Waals surface area (Å²) < 4.78 is 0. The fourth-order valence-corrected chi connectivity index (χ4v) is 4.82. The molecule has 5 heteroatoms. The molecule has 3 rings (SSSR count). The highest BCUT2D eigenvalue weighted by Gasteiger charge is 2.20. The van der Waals surface area contributed by atoms with Crippen molar-refractivity contribution in [2.75, 3.05) is 25.5 Å². The van der Waals surface area contributed by atoms with Crippen LogP contribution < -0.4 is 10.6 Å². The summed E-state index contributed by atoms with van der Waals surface area (Å²) in [5.41, 5.74) is 0.936. The Bertz CT molecular complexity index is 531. The van der Waals surface area contributed by atoms with Gasteiger partial charge in [-0.25, -0.2) is 4.79 Å². The van der Waals surface area contributed by atoms with Crippen LogP contribution in [0.2, 0.25) is 0 Å². The monoisotopic (exact) mass is 333 g/mol. The molecule has 0 bridgehead atoms. The van der Waals surface area contributed by atoms with Gasteiger partial charge in [0.25, 0.3) is 0 Å². The SMILES string of the molecule is CN1CCC[C@@H](NC(=O)Nc2ccccc2SC2CCCC2)C1. The molecule has 1 aromatic carbocycles. The summed E-state index contributed by atoms with van der Waals surface area (Å²) in [5, 5.41) is 6.88. The van der Waals surface area contributed by atoms with E-state index in [0.29, 0.717) is 5.25 Å². The third-order valence-corrected chi connectivity index (χ3v) is 6.11. The minimum absolute atomic E-state index is 0.0789. The average Bonchev–Trinajstić information content (AvgIpc) is 3.02. The first-order valence-corrected chi connectivity index (χ1v) is 9.60. The zero-order valence-electron chi connectivity index (χ0n) is 13.9. The molecule has 1 aliphatic carbocycles. The Labute approximate surface area is 143 Å². The zero-order valence-corrected chi connectivity index (χ0v) is 14.7. The van der Waals surface area contributed by atoms with Gasteiger partial charge in [-0.1, -0.05) is 25.0 Å². The standard InChI is InChI=1S/C18H27N3OS/c1-21-12-6-7-14(13-21)19-18(22)20-16-10-4-5-11-17(16)23-15-8-2-3-9-15/h4-5,10-11,14-15H,2-3,6-9,12-13H2,1H3,(H2,19,20,22)/t14-/m1/s1. The van der Waals surface area contributed by atoms with E-state index in [2.05, 4.69) is 34.7 Å². The molecule has 2 amide bonds. The number of carbonyl (C=O) groups is 1. The minimum atomic E-state index is -0.0789. The maximum atomic E-state index is 12.3. The van der Waals surface area contributed by atoms with E-state index in [-0.39, 0.29) is 12.1 Å². The van der Waals surface area contributed by atoms with E-state index in [9.17, 15) is 4.79 Å². The number of nitrogens with zero attached hydrogens (tertiary/aromatic N) is 1. The van der Waals surface area contributed by atoms with Gasteiger partial charge in [-0.15, -0.1) is 11.8 Å². The Morgan fingerprint density at radius 3 is 2.74 bits per heavy atom. The second-order valence-corrected chi connectivity index (χ2v) is 8.06. The van der Waals surface area contributed by atoms with Gasteiger partial charge < -0.3 is 15.5 Å². The number of piperidine rings is 1. The van der Waals surface area contributed by atoms with Crippen LogP contribution in [0.15, 0.2) is 29.2 Å². The fraction of sp³-hybridized carbons (Fsp3) is 0.611. The Balaban J connectivity index is 1.57. The minimum Gasteiger partial charge on any atom is -0.334 e. The molecule has 0 radical (unpaired) electrons. The number of likely N-dealkylation sites (tertiary alicyclic amines) is 1. The number of urea groups is 1. The van der Waals surface area contributed by atoms with Crippen molar-refractivity contribution in [3.63, 3.8) is 0 Å². The molecule has 4 nitrogen and oxygen atoms in total. The van der Waals surface area contributed by atoms with Gasteiger partial charge >= 0.3 is 6.03 Å². The summed E-state index contributed by atoms with van der Waals surface area (Å²) >= 11 is 1.92. The highest BCUT2D eigenvalue weighted by molar-refractivity contribution is 8.00. The molecular formula is C18H27N3OS. The summed E-state index contributed by atoms with van der Waals surface area (Å²) in [6.45, 7) is 2.06. The number of anilines is 1. The molecule has 23 heavy (non-hydrogen) atoms. The predicted molar refractivity (Wildman–Crippen MR) is 97.2 cm³/mol. The third kappa shape index (κ3) is 4.88. The van der Waals surface area contributed by atoms with Crippen molar-refractivity contribution in [2.24, 2.45) is 0 Å². The number of rotatable bonds is 4. The number of nitrogens with one attached hydrogen (secondary N) is 2. The second-order valence-electron chi connectivity index (χ2n) is 6.72. The van der Waals surface area contributed by atoms with Gasteiger partial charge in [0.15, 0.2) is 0 Å². The Morgan fingerprint density at radius 2 is 1.96 bits per heavy atom. The molecule has 2 aliphatic rings. The molecule has 126 valence electrons. The first kappa shape index (κ1) is 16.7. The van der Waals surface area contributed by atoms with Crippen molar-refractivity contribution in [2.45, 2.75) is 54.7 Å². The summed E-state index contributed by atoms with van der Waals surface area (Å²) in [6, 6.07) is 8.34. The van der Waals surface area contributed by atoms with Gasteiger partial charge in [0, 0.05) is 22.7 Å². The van der Waals surface area contributed by atoms with E-state index in [0.717, 1.165) is 31.6 Å². The number of thioether (sulfide) groups is 1. The van der Waals surface area contributed by atoms with E-state index in [1.54, 1.807) is 0 Å². The molecule has 2 N–H and O–H groups in total. The van der Waals surface area contributed by atoms with Crippen molar-refractivity contribution in [3.8, 4) is 0 Å². The van der Waals surface area contributed by atoms with Crippen molar-refractivity contribution in [1.29, 1.82) is 0 Å². The van der Waals surface area contributed by atoms with Crippen LogP contribution in [0.1, 0.15) is 38.5 Å². The first-order chi connectivity index (χ1) is 11.2. The van der Waals surface area contributed by atoms with Crippen LogP contribution in [0.3, 0.4) is 0 Å². The lowest BCUT2D eigenvalue weighted by Gasteiger charge is -2.30. The Kier molecular flexibility index (Phi) is 5.84. The number of carbonyl (C=O) groups excluding carboxylic acids is 1. The highest BCUT2D eigenvalue weighted by Crippen LogP contribution is 2.37. The number of benzene rings is 1. The third-order valence-electron chi connectivity index (χ3n) is 4.69. The van der Waals surface area contributed by atoms with Gasteiger partial charge in [0.2, 0.25) is 0 Å². The molecule has 1 atom stereocenters. The zero-order chi connectivity index (χ0) is 16.1. The van der Waals surface area contributed by atoms with E-state index in [4.69, 9.17) is 0 Å². The van der Waals surface area contributed by atoms with Crippen LogP contribution in [0, 0.1) is 0 Å². The molecule has 0 unspecified atom stereocenters. The van der Waals surface area contributed by atoms with E-state index in [1.165, 1.54) is 30.6 Å². The Hall–Kier alpha value is -1.20. The van der Waals surface area contributed by atoms with E-state index >= 15 is 0 Å². The fourth-order valence-electron chi connectivity index (χ4n) is 3.49. The van der Waals surface area contributed by atoms with Crippen LogP contribution in [0.5, 0.6) is 0 Å². The summed E-state index contributed by atoms with van der Waals surface area (Å²) in [7, 11) is 2.11. The second kappa shape index (κ2) is 8.06. The maximum absolute atomic E-state index is 12.3.